The number of hydrogen-bond donors (Lipinski definition) is 1. The first kappa shape index (κ1) is 21.9. The van der Waals surface area contributed by atoms with Crippen LogP contribution in [0.25, 0.3) is 39.5 Å². The smallest absolute Gasteiger partial charge is 0.228 e. The van der Waals surface area contributed by atoms with Crippen LogP contribution in [0.15, 0.2) is 67.1 Å². The summed E-state index contributed by atoms with van der Waals surface area (Å²) in [6, 6.07) is 15.4. The monoisotopic (exact) mass is 496 g/mol. The third-order valence-electron chi connectivity index (χ3n) is 5.99. The predicted molar refractivity (Wildman–Crippen MR) is 138 cm³/mol. The summed E-state index contributed by atoms with van der Waals surface area (Å²) in [5, 5.41) is 21.7. The van der Waals surface area contributed by atoms with Crippen molar-refractivity contribution >= 4 is 29.0 Å². The van der Waals surface area contributed by atoms with Crippen molar-refractivity contribution in [3.63, 3.8) is 0 Å². The Morgan fingerprint density at radius 3 is 2.50 bits per heavy atom. The number of pyridine rings is 1. The van der Waals surface area contributed by atoms with Gasteiger partial charge in [0.2, 0.25) is 5.95 Å². The number of benzene rings is 1. The van der Waals surface area contributed by atoms with Gasteiger partial charge in [-0.1, -0.05) is 23.7 Å². The Bertz CT molecular complexity index is 1710. The minimum Gasteiger partial charge on any atom is -0.309 e. The Balaban J connectivity index is 1.39. The molecule has 0 aliphatic carbocycles. The van der Waals surface area contributed by atoms with Gasteiger partial charge in [-0.15, -0.1) is 10.2 Å². The molecule has 0 unspecified atom stereocenters. The second-order valence-electron chi connectivity index (χ2n) is 8.34. The molecule has 0 aliphatic heterocycles. The van der Waals surface area contributed by atoms with Gasteiger partial charge in [0.25, 0.3) is 0 Å². The lowest BCUT2D eigenvalue weighted by atomic mass is 10.0. The van der Waals surface area contributed by atoms with Gasteiger partial charge in [0.15, 0.2) is 11.5 Å². The average molecular weight is 497 g/mol. The first-order valence-corrected chi connectivity index (χ1v) is 11.6. The molecule has 5 heterocycles. The zero-order valence-corrected chi connectivity index (χ0v) is 20.5. The van der Waals surface area contributed by atoms with Gasteiger partial charge in [-0.05, 0) is 42.8 Å². The third kappa shape index (κ3) is 3.77. The molecule has 6 rings (SSSR count). The van der Waals surface area contributed by atoms with Gasteiger partial charge < -0.3 is 5.32 Å². The number of nitrogens with one attached hydrogen (secondary N) is 1. The average Bonchev–Trinajstić information content (AvgIpc) is 3.56. The van der Waals surface area contributed by atoms with Crippen LogP contribution in [0.2, 0.25) is 5.02 Å². The first-order valence-electron chi connectivity index (χ1n) is 11.2. The van der Waals surface area contributed by atoms with E-state index in [1.54, 1.807) is 17.1 Å². The summed E-state index contributed by atoms with van der Waals surface area (Å²) < 4.78 is 5.51. The molecule has 0 saturated carbocycles. The van der Waals surface area contributed by atoms with E-state index in [2.05, 4.69) is 35.7 Å². The summed E-state index contributed by atoms with van der Waals surface area (Å²) in [6.45, 7) is 1.99. The lowest BCUT2D eigenvalue weighted by molar-refractivity contribution is 0.757. The van der Waals surface area contributed by atoms with E-state index in [-0.39, 0.29) is 0 Å². The van der Waals surface area contributed by atoms with Crippen LogP contribution in [0, 0.1) is 6.92 Å². The van der Waals surface area contributed by atoms with Gasteiger partial charge in [0.1, 0.15) is 11.5 Å². The van der Waals surface area contributed by atoms with Gasteiger partial charge >= 0.3 is 0 Å². The maximum atomic E-state index is 6.11. The molecule has 1 aromatic carbocycles. The maximum absolute atomic E-state index is 6.11. The van der Waals surface area contributed by atoms with Crippen LogP contribution in [0.4, 0.5) is 11.8 Å². The van der Waals surface area contributed by atoms with E-state index in [1.807, 2.05) is 84.8 Å². The van der Waals surface area contributed by atoms with E-state index < -0.39 is 0 Å². The summed E-state index contributed by atoms with van der Waals surface area (Å²) in [4.78, 5) is 8.99. The van der Waals surface area contributed by atoms with Crippen LogP contribution in [0.3, 0.4) is 0 Å². The molecular formula is C25H21ClN10. The molecule has 0 spiro atoms. The molecule has 0 bridgehead atoms. The summed E-state index contributed by atoms with van der Waals surface area (Å²) in [5.41, 5.74) is 6.15. The molecule has 6 aromatic rings. The minimum absolute atomic E-state index is 0.482. The second-order valence-corrected chi connectivity index (χ2v) is 8.77. The van der Waals surface area contributed by atoms with E-state index in [0.717, 1.165) is 39.6 Å². The van der Waals surface area contributed by atoms with Crippen molar-refractivity contribution < 1.29 is 0 Å². The van der Waals surface area contributed by atoms with Crippen LogP contribution in [-0.2, 0) is 14.1 Å². The zero-order valence-electron chi connectivity index (χ0n) is 19.8. The minimum atomic E-state index is 0.482. The number of fused-ring (bicyclic) bond motifs is 1. The molecule has 0 radical (unpaired) electrons. The van der Waals surface area contributed by atoms with Crippen LogP contribution in [-0.4, -0.2) is 44.1 Å². The SMILES string of the molecule is Cc1nn(C)c(-c2nnc3cc(-c4ccnc(Nc5ccnn5C)n4)ccn23)c1-c1ccc(Cl)cc1. The lowest BCUT2D eigenvalue weighted by Gasteiger charge is -2.08. The predicted octanol–water partition coefficient (Wildman–Crippen LogP) is 4.69. The van der Waals surface area contributed by atoms with E-state index in [4.69, 9.17) is 11.6 Å². The van der Waals surface area contributed by atoms with Crippen molar-refractivity contribution in [1.82, 2.24) is 44.1 Å². The molecule has 36 heavy (non-hydrogen) atoms. The molecule has 10 nitrogen and oxygen atoms in total. The normalized spacial score (nSPS) is 11.3. The Morgan fingerprint density at radius 1 is 0.889 bits per heavy atom. The van der Waals surface area contributed by atoms with Crippen molar-refractivity contribution in [2.24, 2.45) is 14.1 Å². The summed E-state index contributed by atoms with van der Waals surface area (Å²) in [6.07, 6.45) is 5.38. The number of nitrogens with zero attached hydrogens (tertiary/aromatic N) is 9. The second kappa shape index (κ2) is 8.58. The number of anilines is 2. The molecule has 0 saturated heterocycles. The highest BCUT2D eigenvalue weighted by Gasteiger charge is 2.21. The van der Waals surface area contributed by atoms with Crippen molar-refractivity contribution in [2.45, 2.75) is 6.92 Å². The van der Waals surface area contributed by atoms with Gasteiger partial charge in [0.05, 0.1) is 17.6 Å². The Labute approximate surface area is 211 Å². The van der Waals surface area contributed by atoms with Gasteiger partial charge in [-0.3, -0.25) is 13.8 Å². The van der Waals surface area contributed by atoms with Crippen LogP contribution in [0.5, 0.6) is 0 Å². The maximum Gasteiger partial charge on any atom is 0.228 e. The highest BCUT2D eigenvalue weighted by molar-refractivity contribution is 6.30. The number of rotatable bonds is 5. The largest absolute Gasteiger partial charge is 0.309 e. The number of aryl methyl sites for hydroxylation is 3. The zero-order chi connectivity index (χ0) is 24.8. The Hall–Kier alpha value is -4.57. The number of hydrogen-bond acceptors (Lipinski definition) is 7. The Kier molecular flexibility index (Phi) is 5.23. The summed E-state index contributed by atoms with van der Waals surface area (Å²) in [5.74, 6) is 1.98. The topological polar surface area (TPSA) is 104 Å². The van der Waals surface area contributed by atoms with Crippen molar-refractivity contribution in [1.29, 1.82) is 0 Å². The fourth-order valence-corrected chi connectivity index (χ4v) is 4.41. The summed E-state index contributed by atoms with van der Waals surface area (Å²) >= 11 is 6.11. The quantitative estimate of drug-likeness (QED) is 0.369. The van der Waals surface area contributed by atoms with Crippen molar-refractivity contribution in [3.8, 4) is 33.9 Å². The lowest BCUT2D eigenvalue weighted by Crippen LogP contribution is -2.03. The van der Waals surface area contributed by atoms with E-state index in [9.17, 15) is 0 Å². The highest BCUT2D eigenvalue weighted by Crippen LogP contribution is 2.34. The van der Waals surface area contributed by atoms with Gasteiger partial charge in [0, 0.05) is 48.7 Å². The highest BCUT2D eigenvalue weighted by atomic mass is 35.5. The summed E-state index contributed by atoms with van der Waals surface area (Å²) in [7, 11) is 3.76. The molecule has 0 amide bonds. The molecule has 11 heteroatoms. The number of aromatic nitrogens is 9. The standard InChI is InChI=1S/C25H21ClN10/c1-15-22(16-4-6-18(26)7-5-16)23(35(3)33-15)24-32-31-21-14-17(10-13-36(21)24)19-8-11-27-25(29-19)30-20-9-12-28-34(20)2/h4-14H,1-3H3,(H,27,29,30). The van der Waals surface area contributed by atoms with Crippen LogP contribution >= 0.6 is 11.6 Å². The first-order chi connectivity index (χ1) is 17.5. The molecule has 1 N–H and O–H groups in total. The van der Waals surface area contributed by atoms with Crippen molar-refractivity contribution in [2.75, 3.05) is 5.32 Å². The molecule has 0 atom stereocenters. The Morgan fingerprint density at radius 2 is 1.72 bits per heavy atom. The molecule has 0 fully saturated rings. The van der Waals surface area contributed by atoms with E-state index in [1.165, 1.54) is 0 Å². The van der Waals surface area contributed by atoms with E-state index >= 15 is 0 Å². The molecular weight excluding hydrogens is 476 g/mol. The van der Waals surface area contributed by atoms with Gasteiger partial charge in [-0.25, -0.2) is 9.97 Å². The van der Waals surface area contributed by atoms with Gasteiger partial charge in [-0.2, -0.15) is 10.2 Å². The molecule has 5 aromatic heterocycles. The fraction of sp³-hybridized carbons (Fsp3) is 0.120. The fourth-order valence-electron chi connectivity index (χ4n) is 4.28. The third-order valence-corrected chi connectivity index (χ3v) is 6.24. The molecule has 0 aliphatic rings. The van der Waals surface area contributed by atoms with Crippen LogP contribution in [0.1, 0.15) is 5.69 Å². The number of halogens is 1. The van der Waals surface area contributed by atoms with E-state index in [0.29, 0.717) is 22.4 Å². The van der Waals surface area contributed by atoms with Crippen molar-refractivity contribution in [3.05, 3.63) is 77.8 Å². The van der Waals surface area contributed by atoms with Crippen LogP contribution < -0.4 is 5.32 Å². The molecule has 178 valence electrons.